The second-order valence-electron chi connectivity index (χ2n) is 4.88. The molecule has 2 heterocycles. The van der Waals surface area contributed by atoms with Crippen molar-refractivity contribution in [2.45, 2.75) is 46.1 Å². The summed E-state index contributed by atoms with van der Waals surface area (Å²) in [7, 11) is 0. The molecule has 2 rings (SSSR count). The molecule has 0 unspecified atom stereocenters. The van der Waals surface area contributed by atoms with E-state index in [9.17, 15) is 0 Å². The number of imidazole rings is 1. The van der Waals surface area contributed by atoms with Crippen molar-refractivity contribution in [1.29, 1.82) is 10.5 Å². The molecule has 0 fully saturated rings. The second-order valence-corrected chi connectivity index (χ2v) is 5.68. The molecule has 0 amide bonds. The lowest BCUT2D eigenvalue weighted by atomic mass is 10.3. The maximum atomic E-state index is 8.61. The first-order valence-electron chi connectivity index (χ1n) is 8.04. The highest BCUT2D eigenvalue weighted by Crippen LogP contribution is 2.00. The molecule has 1 aromatic rings. The van der Waals surface area contributed by atoms with E-state index >= 15 is 0 Å². The quantitative estimate of drug-likeness (QED) is 0.330. The van der Waals surface area contributed by atoms with Crippen LogP contribution in [0, 0.1) is 22.7 Å². The first-order valence-corrected chi connectivity index (χ1v) is 9.16. The van der Waals surface area contributed by atoms with E-state index in [1.807, 2.05) is 41.1 Å². The van der Waals surface area contributed by atoms with Gasteiger partial charge in [0.05, 0.1) is 0 Å². The second kappa shape index (κ2) is 18.9. The number of aliphatic imine (C=N–C) groups is 1. The van der Waals surface area contributed by atoms with Crippen LogP contribution in [0.4, 0.5) is 0 Å². The Morgan fingerprint density at radius 2 is 1.88 bits per heavy atom. The molecule has 0 saturated carbocycles. The SMILES string of the molecule is C.C=CCCCBr.C=CCCCn1ccnc1C#N.N#CC1=NC=CC1. The molecule has 0 aliphatic carbocycles. The minimum Gasteiger partial charge on any atom is -0.323 e. The highest BCUT2D eigenvalue weighted by molar-refractivity contribution is 9.09. The highest BCUT2D eigenvalue weighted by atomic mass is 79.9. The fraction of sp³-hybridized carbons (Fsp3) is 0.400. The van der Waals surface area contributed by atoms with Gasteiger partial charge in [-0.25, -0.2) is 4.98 Å². The molecule has 0 atom stereocenters. The van der Waals surface area contributed by atoms with Crippen LogP contribution in [0.2, 0.25) is 0 Å². The zero-order valence-electron chi connectivity index (χ0n) is 14.4. The first-order chi connectivity index (χ1) is 12.2. The summed E-state index contributed by atoms with van der Waals surface area (Å²) in [5.74, 6) is 0.485. The number of alkyl halides is 1. The molecule has 0 radical (unpaired) electrons. The van der Waals surface area contributed by atoms with E-state index in [0.717, 1.165) is 37.6 Å². The van der Waals surface area contributed by atoms with Gasteiger partial charge < -0.3 is 4.57 Å². The number of allylic oxidation sites excluding steroid dienone is 3. The van der Waals surface area contributed by atoms with Gasteiger partial charge in [-0.05, 0) is 25.7 Å². The van der Waals surface area contributed by atoms with Crippen molar-refractivity contribution in [2.75, 3.05) is 5.33 Å². The lowest BCUT2D eigenvalue weighted by Gasteiger charge is -1.99. The lowest BCUT2D eigenvalue weighted by molar-refractivity contribution is 0.643. The standard InChI is InChI=1S/C9H11N3.C5H9Br.C5H4N2.CH4/c1-2-3-4-6-12-7-5-11-9(12)8-10;1-2-3-4-5-6;6-4-5-2-1-3-7-5;/h2,5,7H,1,3-4,6H2;2H,1,3-5H2;1,3H,2H2;1H4. The van der Waals surface area contributed by atoms with Crippen LogP contribution in [-0.4, -0.2) is 20.6 Å². The summed E-state index contributed by atoms with van der Waals surface area (Å²) in [4.78, 5) is 7.62. The molecule has 0 bridgehead atoms. The number of aryl methyl sites for hydroxylation is 1. The summed E-state index contributed by atoms with van der Waals surface area (Å²) in [6, 6.07) is 3.98. The molecule has 1 aromatic heterocycles. The van der Waals surface area contributed by atoms with Crippen molar-refractivity contribution in [3.63, 3.8) is 0 Å². The molecule has 1 aliphatic heterocycles. The summed E-state index contributed by atoms with van der Waals surface area (Å²) >= 11 is 3.30. The van der Waals surface area contributed by atoms with Crippen molar-refractivity contribution in [3.8, 4) is 12.1 Å². The number of halogens is 1. The van der Waals surface area contributed by atoms with Crippen LogP contribution >= 0.6 is 15.9 Å². The lowest BCUT2D eigenvalue weighted by Crippen LogP contribution is -1.99. The Morgan fingerprint density at radius 1 is 1.19 bits per heavy atom. The predicted molar refractivity (Wildman–Crippen MR) is 113 cm³/mol. The third-order valence-electron chi connectivity index (χ3n) is 2.94. The smallest absolute Gasteiger partial charge is 0.212 e. The van der Waals surface area contributed by atoms with Crippen LogP contribution in [0.25, 0.3) is 0 Å². The minimum atomic E-state index is 0. The van der Waals surface area contributed by atoms with Gasteiger partial charge >= 0.3 is 0 Å². The molecule has 140 valence electrons. The summed E-state index contributed by atoms with van der Waals surface area (Å²) < 4.78 is 1.85. The normalized spacial score (nSPS) is 10.5. The largest absolute Gasteiger partial charge is 0.323 e. The zero-order valence-corrected chi connectivity index (χ0v) is 16.0. The van der Waals surface area contributed by atoms with Crippen LogP contribution < -0.4 is 0 Å². The average Bonchev–Trinajstić information content (AvgIpc) is 3.32. The summed E-state index contributed by atoms with van der Waals surface area (Å²) in [6.07, 6.45) is 15.8. The van der Waals surface area contributed by atoms with Crippen LogP contribution in [0.1, 0.15) is 45.4 Å². The van der Waals surface area contributed by atoms with Crippen molar-refractivity contribution < 1.29 is 0 Å². The predicted octanol–water partition coefficient (Wildman–Crippen LogP) is 5.57. The maximum Gasteiger partial charge on any atom is 0.212 e. The van der Waals surface area contributed by atoms with E-state index in [0.29, 0.717) is 11.5 Å². The molecular formula is C20H28BrN5. The van der Waals surface area contributed by atoms with Crippen LogP contribution in [0.3, 0.4) is 0 Å². The van der Waals surface area contributed by atoms with E-state index < -0.39 is 0 Å². The van der Waals surface area contributed by atoms with Gasteiger partial charge in [0.2, 0.25) is 5.82 Å². The number of hydrogen-bond donors (Lipinski definition) is 0. The van der Waals surface area contributed by atoms with Gasteiger partial charge in [-0.2, -0.15) is 10.5 Å². The summed E-state index contributed by atoms with van der Waals surface area (Å²) in [5.41, 5.74) is 0.611. The average molecular weight is 418 g/mol. The highest BCUT2D eigenvalue weighted by Gasteiger charge is 1.98. The number of hydrogen-bond acceptors (Lipinski definition) is 4. The van der Waals surface area contributed by atoms with Gasteiger partial charge in [-0.1, -0.05) is 41.6 Å². The molecule has 5 nitrogen and oxygen atoms in total. The van der Waals surface area contributed by atoms with Crippen molar-refractivity contribution >= 4 is 21.6 Å². The molecular weight excluding hydrogens is 390 g/mol. The third-order valence-corrected chi connectivity index (χ3v) is 3.50. The minimum absolute atomic E-state index is 0. The molecule has 26 heavy (non-hydrogen) atoms. The van der Waals surface area contributed by atoms with E-state index in [4.69, 9.17) is 10.5 Å². The molecule has 6 heteroatoms. The Bertz CT molecular complexity index is 644. The van der Waals surface area contributed by atoms with Crippen molar-refractivity contribution in [2.24, 2.45) is 4.99 Å². The number of nitrogens with zero attached hydrogens (tertiary/aromatic N) is 5. The Morgan fingerprint density at radius 3 is 2.31 bits per heavy atom. The van der Waals surface area contributed by atoms with Gasteiger partial charge in [0.25, 0.3) is 0 Å². The Labute approximate surface area is 166 Å². The van der Waals surface area contributed by atoms with Gasteiger partial charge in [-0.3, -0.25) is 4.99 Å². The summed E-state index contributed by atoms with van der Waals surface area (Å²) in [6.45, 7) is 8.05. The summed E-state index contributed by atoms with van der Waals surface area (Å²) in [5, 5.41) is 17.9. The number of rotatable bonds is 7. The van der Waals surface area contributed by atoms with Crippen LogP contribution in [0.15, 0.2) is 55.0 Å². The van der Waals surface area contributed by atoms with Gasteiger partial charge in [0.15, 0.2) is 0 Å². The third kappa shape index (κ3) is 12.9. The van der Waals surface area contributed by atoms with Gasteiger partial charge in [0.1, 0.15) is 17.9 Å². The Balaban J connectivity index is 0. The fourth-order valence-electron chi connectivity index (χ4n) is 1.66. The van der Waals surface area contributed by atoms with Gasteiger partial charge in [-0.15, -0.1) is 13.2 Å². The first kappa shape index (κ1) is 25.8. The van der Waals surface area contributed by atoms with Crippen molar-refractivity contribution in [1.82, 2.24) is 9.55 Å². The van der Waals surface area contributed by atoms with Crippen molar-refractivity contribution in [3.05, 3.63) is 55.8 Å². The molecule has 0 aromatic carbocycles. The fourth-order valence-corrected chi connectivity index (χ4v) is 1.99. The number of unbranched alkanes of at least 4 members (excludes halogenated alkanes) is 2. The molecule has 0 saturated heterocycles. The maximum absolute atomic E-state index is 8.61. The van der Waals surface area contributed by atoms with E-state index in [1.54, 1.807) is 12.4 Å². The van der Waals surface area contributed by atoms with E-state index in [2.05, 4.69) is 39.1 Å². The topological polar surface area (TPSA) is 77.8 Å². The monoisotopic (exact) mass is 417 g/mol. The van der Waals surface area contributed by atoms with E-state index in [-0.39, 0.29) is 7.43 Å². The van der Waals surface area contributed by atoms with Gasteiger partial charge in [0, 0.05) is 36.9 Å². The van der Waals surface area contributed by atoms with Crippen LogP contribution in [-0.2, 0) is 6.54 Å². The van der Waals surface area contributed by atoms with E-state index in [1.165, 1.54) is 6.42 Å². The Hall–Kier alpha value is -2.44. The number of nitriles is 2. The molecule has 0 N–H and O–H groups in total. The Kier molecular flexibility index (Phi) is 18.7. The molecule has 0 spiro atoms. The van der Waals surface area contributed by atoms with Crippen LogP contribution in [0.5, 0.6) is 0 Å². The zero-order chi connectivity index (χ0) is 18.8. The number of aromatic nitrogens is 2. The molecule has 1 aliphatic rings.